The van der Waals surface area contributed by atoms with Crippen molar-refractivity contribution in [1.82, 2.24) is 10.0 Å². The van der Waals surface area contributed by atoms with Crippen molar-refractivity contribution >= 4 is 51.1 Å². The number of hydrazone groups is 1. The number of halogens is 1. The maximum absolute atomic E-state index is 14.1. The second-order valence-electron chi connectivity index (χ2n) is 11.8. The van der Waals surface area contributed by atoms with E-state index in [9.17, 15) is 14.4 Å². The first-order chi connectivity index (χ1) is 21.3. The lowest BCUT2D eigenvalue weighted by Crippen LogP contribution is -2.45. The molecule has 0 spiro atoms. The van der Waals surface area contributed by atoms with E-state index in [1.54, 1.807) is 29.3 Å². The Morgan fingerprint density at radius 1 is 0.909 bits per heavy atom. The average Bonchev–Trinajstić information content (AvgIpc) is 3.69. The van der Waals surface area contributed by atoms with Gasteiger partial charge in [-0.3, -0.25) is 19.4 Å². The molecule has 7 rings (SSSR count). The van der Waals surface area contributed by atoms with Crippen LogP contribution in [0.3, 0.4) is 0 Å². The molecular formula is C34H31BrN6O3. The molecule has 9 nitrogen and oxygen atoms in total. The van der Waals surface area contributed by atoms with Gasteiger partial charge in [0.15, 0.2) is 12.1 Å². The Morgan fingerprint density at radius 2 is 1.59 bits per heavy atom. The Labute approximate surface area is 264 Å². The normalized spacial score (nSPS) is 25.1. The van der Waals surface area contributed by atoms with Crippen LogP contribution in [0.25, 0.3) is 6.08 Å². The molecule has 4 atom stereocenters. The zero-order valence-corrected chi connectivity index (χ0v) is 26.0. The Hall–Kier alpha value is -4.44. The highest BCUT2D eigenvalue weighted by atomic mass is 79.9. The highest BCUT2D eigenvalue weighted by Gasteiger charge is 2.55. The quantitative estimate of drug-likeness (QED) is 0.308. The van der Waals surface area contributed by atoms with Crippen LogP contribution in [0.4, 0.5) is 5.69 Å². The molecule has 4 unspecified atom stereocenters. The summed E-state index contributed by atoms with van der Waals surface area (Å²) >= 11 is 3.39. The average molecular weight is 652 g/mol. The minimum atomic E-state index is -0.983. The number of amides is 3. The van der Waals surface area contributed by atoms with E-state index < -0.39 is 23.9 Å². The van der Waals surface area contributed by atoms with E-state index in [-0.39, 0.29) is 24.4 Å². The molecule has 44 heavy (non-hydrogen) atoms. The van der Waals surface area contributed by atoms with Gasteiger partial charge in [-0.25, -0.2) is 9.91 Å². The van der Waals surface area contributed by atoms with E-state index in [0.29, 0.717) is 5.69 Å². The number of fused-ring (bicyclic) bond motifs is 2. The van der Waals surface area contributed by atoms with Crippen LogP contribution in [0, 0.1) is 19.8 Å². The first kappa shape index (κ1) is 28.3. The van der Waals surface area contributed by atoms with Gasteiger partial charge < -0.3 is 0 Å². The number of benzene rings is 3. The van der Waals surface area contributed by atoms with Crippen LogP contribution in [-0.4, -0.2) is 52.1 Å². The summed E-state index contributed by atoms with van der Waals surface area (Å²) in [5.41, 5.74) is 6.99. The predicted molar refractivity (Wildman–Crippen MR) is 170 cm³/mol. The third-order valence-electron chi connectivity index (χ3n) is 8.83. The second-order valence-corrected chi connectivity index (χ2v) is 12.8. The van der Waals surface area contributed by atoms with Gasteiger partial charge in [-0.05, 0) is 80.2 Å². The van der Waals surface area contributed by atoms with Crippen molar-refractivity contribution in [3.05, 3.63) is 105 Å². The first-order valence-corrected chi connectivity index (χ1v) is 15.6. The summed E-state index contributed by atoms with van der Waals surface area (Å²) < 4.78 is 0.834. The molecule has 222 valence electrons. The topological polar surface area (TPSA) is 98.0 Å². The predicted octanol–water partition coefficient (Wildman–Crippen LogP) is 6.18. The molecule has 1 saturated carbocycles. The van der Waals surface area contributed by atoms with E-state index in [1.165, 1.54) is 10.6 Å². The molecule has 1 saturated heterocycles. The molecule has 0 radical (unpaired) electrons. The molecule has 3 heterocycles. The zero-order valence-electron chi connectivity index (χ0n) is 24.4. The Kier molecular flexibility index (Phi) is 7.24. The van der Waals surface area contributed by atoms with E-state index >= 15 is 0 Å². The van der Waals surface area contributed by atoms with Crippen LogP contribution in [0.15, 0.2) is 98.3 Å². The minimum absolute atomic E-state index is 0.0441. The molecule has 0 bridgehead atoms. The lowest BCUT2D eigenvalue weighted by atomic mass is 9.77. The molecule has 3 aromatic carbocycles. The summed E-state index contributed by atoms with van der Waals surface area (Å²) in [5.74, 6) is -1.14. The number of carbonyl (C=O) groups excluding carboxylic acids is 3. The van der Waals surface area contributed by atoms with Gasteiger partial charge in [-0.15, -0.1) is 0 Å². The summed E-state index contributed by atoms with van der Waals surface area (Å²) in [6.45, 7) is 3.89. The van der Waals surface area contributed by atoms with Gasteiger partial charge in [-0.1, -0.05) is 80.8 Å². The van der Waals surface area contributed by atoms with Crippen molar-refractivity contribution in [2.24, 2.45) is 21.4 Å². The number of anilines is 1. The standard InChI is InChI=1S/C34H31BrN6O3/c1-20-6-10-22(11-7-20)18-24-4-3-5-27-29(24)37-41(31(27)23-12-8-21(2)9-13-23)28(42)19-39-32-30(36-38-39)33(43)40(34(32)44)26-16-14-25(35)15-17-26/h6-18,27,30-32H,3-5,19H2,1-2H3/b24-18+. The number of carbonyl (C=O) groups is 3. The van der Waals surface area contributed by atoms with Crippen molar-refractivity contribution in [1.29, 1.82) is 0 Å². The highest BCUT2D eigenvalue weighted by Crippen LogP contribution is 2.45. The summed E-state index contributed by atoms with van der Waals surface area (Å²) in [5, 5.41) is 16.2. The summed E-state index contributed by atoms with van der Waals surface area (Å²) in [6.07, 6.45) is 4.98. The molecular weight excluding hydrogens is 620 g/mol. The zero-order chi connectivity index (χ0) is 30.5. The van der Waals surface area contributed by atoms with Gasteiger partial charge >= 0.3 is 0 Å². The third kappa shape index (κ3) is 4.96. The number of rotatable bonds is 5. The largest absolute Gasteiger partial charge is 0.271 e. The Bertz CT molecular complexity index is 1730. The molecule has 3 aromatic rings. The van der Waals surface area contributed by atoms with Crippen molar-refractivity contribution in [2.45, 2.75) is 51.2 Å². The van der Waals surface area contributed by atoms with Crippen LogP contribution in [0.5, 0.6) is 0 Å². The van der Waals surface area contributed by atoms with Crippen LogP contribution < -0.4 is 4.90 Å². The van der Waals surface area contributed by atoms with Crippen LogP contribution in [-0.2, 0) is 14.4 Å². The number of hydrogen-bond donors (Lipinski definition) is 0. The molecule has 1 aliphatic carbocycles. The van der Waals surface area contributed by atoms with Gasteiger partial charge in [0.05, 0.1) is 17.4 Å². The summed E-state index contributed by atoms with van der Waals surface area (Å²) in [7, 11) is 0. The van der Waals surface area contributed by atoms with Crippen LogP contribution >= 0.6 is 15.9 Å². The number of hydrogen-bond acceptors (Lipinski definition) is 7. The maximum Gasteiger partial charge on any atom is 0.264 e. The van der Waals surface area contributed by atoms with Gasteiger partial charge in [0.1, 0.15) is 6.54 Å². The fraction of sp³-hybridized carbons (Fsp3) is 0.294. The molecule has 2 fully saturated rings. The SMILES string of the molecule is Cc1ccc(/C=C2\CCCC3C2=NN(C(=O)CN2N=NC4C(=O)N(c5ccc(Br)cc5)C(=O)C42)C3c2ccc(C)cc2)cc1. The first-order valence-electron chi connectivity index (χ1n) is 14.8. The lowest BCUT2D eigenvalue weighted by molar-refractivity contribution is -0.136. The van der Waals surface area contributed by atoms with Crippen LogP contribution in [0.2, 0.25) is 0 Å². The van der Waals surface area contributed by atoms with Crippen LogP contribution in [0.1, 0.15) is 47.6 Å². The van der Waals surface area contributed by atoms with Crippen molar-refractivity contribution in [2.75, 3.05) is 11.4 Å². The Balaban J connectivity index is 1.18. The maximum atomic E-state index is 14.1. The van der Waals surface area contributed by atoms with Crippen molar-refractivity contribution < 1.29 is 14.4 Å². The molecule has 0 N–H and O–H groups in total. The number of nitrogens with zero attached hydrogens (tertiary/aromatic N) is 6. The summed E-state index contributed by atoms with van der Waals surface area (Å²) in [6, 6.07) is 21.3. The third-order valence-corrected chi connectivity index (χ3v) is 9.36. The smallest absolute Gasteiger partial charge is 0.264 e. The molecule has 0 aromatic heterocycles. The van der Waals surface area contributed by atoms with Crippen molar-refractivity contribution in [3.8, 4) is 0 Å². The molecule has 3 amide bonds. The fourth-order valence-electron chi connectivity index (χ4n) is 6.58. The number of allylic oxidation sites excluding steroid dienone is 1. The molecule has 3 aliphatic heterocycles. The monoisotopic (exact) mass is 650 g/mol. The van der Waals surface area contributed by atoms with E-state index in [2.05, 4.69) is 87.8 Å². The molecule has 10 heteroatoms. The molecule has 4 aliphatic rings. The van der Waals surface area contributed by atoms with Gasteiger partial charge in [0, 0.05) is 10.4 Å². The van der Waals surface area contributed by atoms with E-state index in [1.807, 2.05) is 6.92 Å². The fourth-order valence-corrected chi connectivity index (χ4v) is 6.84. The van der Waals surface area contributed by atoms with Crippen molar-refractivity contribution in [3.63, 3.8) is 0 Å². The van der Waals surface area contributed by atoms with Gasteiger partial charge in [-0.2, -0.15) is 10.2 Å². The summed E-state index contributed by atoms with van der Waals surface area (Å²) in [4.78, 5) is 42.0. The highest BCUT2D eigenvalue weighted by molar-refractivity contribution is 9.10. The lowest BCUT2D eigenvalue weighted by Gasteiger charge is -2.30. The van der Waals surface area contributed by atoms with E-state index in [4.69, 9.17) is 5.10 Å². The van der Waals surface area contributed by atoms with E-state index in [0.717, 1.165) is 56.6 Å². The number of imide groups is 1. The van der Waals surface area contributed by atoms with Gasteiger partial charge in [0.2, 0.25) is 0 Å². The number of aryl methyl sites for hydroxylation is 2. The Morgan fingerprint density at radius 3 is 2.30 bits per heavy atom. The second kappa shape index (κ2) is 11.2. The van der Waals surface area contributed by atoms with Gasteiger partial charge in [0.25, 0.3) is 17.7 Å². The minimum Gasteiger partial charge on any atom is -0.271 e.